The number of amides is 1. The molecule has 0 saturated carbocycles. The fraction of sp³-hybridized carbons (Fsp3) is 0.771. The summed E-state index contributed by atoms with van der Waals surface area (Å²) in [6.07, 6.45) is 60.5. The van der Waals surface area contributed by atoms with Crippen molar-refractivity contribution < 1.29 is 15.0 Å². The summed E-state index contributed by atoms with van der Waals surface area (Å²) in [5.41, 5.74) is 0. The Kier molecular flexibility index (Phi) is 41.9. The first-order chi connectivity index (χ1) is 25.7. The number of rotatable bonds is 40. The highest BCUT2D eigenvalue weighted by Gasteiger charge is 2.17. The number of unbranched alkanes of at least 4 members (excludes halogenated alkanes) is 25. The second-order valence-electron chi connectivity index (χ2n) is 15.1. The summed E-state index contributed by atoms with van der Waals surface area (Å²) in [5.74, 6) is -0.0940. The Bertz CT molecular complexity index is 873. The first-order valence-electron chi connectivity index (χ1n) is 22.5. The molecule has 0 heterocycles. The van der Waals surface area contributed by atoms with E-state index in [4.69, 9.17) is 0 Å². The lowest BCUT2D eigenvalue weighted by atomic mass is 10.0. The molecule has 2 unspecified atom stereocenters. The van der Waals surface area contributed by atoms with Gasteiger partial charge in [0, 0.05) is 6.42 Å². The number of nitrogens with one attached hydrogen (secondary N) is 1. The summed E-state index contributed by atoms with van der Waals surface area (Å²) in [4.78, 5) is 12.3. The van der Waals surface area contributed by atoms with Gasteiger partial charge in [-0.3, -0.25) is 4.79 Å². The quantitative estimate of drug-likeness (QED) is 0.0435. The van der Waals surface area contributed by atoms with E-state index in [-0.39, 0.29) is 12.5 Å². The number of allylic oxidation sites excluding steroid dienone is 9. The van der Waals surface area contributed by atoms with E-state index >= 15 is 0 Å². The van der Waals surface area contributed by atoms with Gasteiger partial charge in [-0.15, -0.1) is 0 Å². The molecule has 0 spiro atoms. The smallest absolute Gasteiger partial charge is 0.220 e. The minimum absolute atomic E-state index is 0.0940. The minimum Gasteiger partial charge on any atom is -0.394 e. The minimum atomic E-state index is -0.877. The Morgan fingerprint density at radius 2 is 0.827 bits per heavy atom. The van der Waals surface area contributed by atoms with E-state index in [2.05, 4.69) is 67.8 Å². The summed E-state index contributed by atoms with van der Waals surface area (Å²) in [6, 6.07) is -0.654. The van der Waals surface area contributed by atoms with Crippen molar-refractivity contribution in [2.45, 2.75) is 231 Å². The van der Waals surface area contributed by atoms with E-state index in [1.807, 2.05) is 6.08 Å². The van der Waals surface area contributed by atoms with E-state index in [0.29, 0.717) is 6.42 Å². The molecule has 0 fully saturated rings. The lowest BCUT2D eigenvalue weighted by molar-refractivity contribution is -0.123. The average molecular weight is 726 g/mol. The maximum absolute atomic E-state index is 12.3. The molecule has 0 aliphatic heterocycles. The molecule has 3 N–H and O–H groups in total. The number of hydrogen-bond acceptors (Lipinski definition) is 3. The van der Waals surface area contributed by atoms with Gasteiger partial charge >= 0.3 is 0 Å². The Balaban J connectivity index is 3.64. The Hall–Kier alpha value is -1.91. The van der Waals surface area contributed by atoms with E-state index in [0.717, 1.165) is 57.8 Å². The second kappa shape index (κ2) is 43.5. The molecule has 0 aromatic heterocycles. The molecule has 0 aliphatic carbocycles. The normalized spacial score (nSPS) is 13.5. The maximum Gasteiger partial charge on any atom is 0.220 e. The van der Waals surface area contributed by atoms with Crippen LogP contribution in [-0.2, 0) is 4.79 Å². The van der Waals surface area contributed by atoms with Crippen LogP contribution < -0.4 is 5.32 Å². The van der Waals surface area contributed by atoms with Crippen molar-refractivity contribution in [3.8, 4) is 0 Å². The highest BCUT2D eigenvalue weighted by molar-refractivity contribution is 5.76. The summed E-state index contributed by atoms with van der Waals surface area (Å²) < 4.78 is 0. The van der Waals surface area contributed by atoms with Gasteiger partial charge in [0.1, 0.15) is 0 Å². The molecule has 1 amide bonds. The molecule has 0 aliphatic rings. The van der Waals surface area contributed by atoms with Crippen LogP contribution >= 0.6 is 0 Å². The molecule has 52 heavy (non-hydrogen) atoms. The Morgan fingerprint density at radius 3 is 1.29 bits per heavy atom. The van der Waals surface area contributed by atoms with Gasteiger partial charge < -0.3 is 15.5 Å². The molecule has 4 nitrogen and oxygen atoms in total. The summed E-state index contributed by atoms with van der Waals surface area (Å²) in [5, 5.41) is 23.0. The van der Waals surface area contributed by atoms with Gasteiger partial charge in [0.25, 0.3) is 0 Å². The monoisotopic (exact) mass is 726 g/mol. The van der Waals surface area contributed by atoms with E-state index in [9.17, 15) is 15.0 Å². The van der Waals surface area contributed by atoms with Gasteiger partial charge in [-0.1, -0.05) is 203 Å². The van der Waals surface area contributed by atoms with Crippen molar-refractivity contribution >= 4 is 5.91 Å². The molecular formula is C48H87NO3. The molecule has 4 heteroatoms. The van der Waals surface area contributed by atoms with E-state index in [1.54, 1.807) is 6.08 Å². The van der Waals surface area contributed by atoms with Crippen LogP contribution in [0.4, 0.5) is 0 Å². The molecule has 302 valence electrons. The fourth-order valence-corrected chi connectivity index (χ4v) is 6.46. The third-order valence-corrected chi connectivity index (χ3v) is 9.95. The largest absolute Gasteiger partial charge is 0.394 e. The standard InChI is InChI=1S/C48H87NO3/c1-3-5-7-9-11-13-15-17-19-20-21-22-23-24-25-26-27-28-29-30-31-33-35-37-39-41-43-47(51)46(45-50)49-48(52)44-42-40-38-36-34-32-18-16-14-12-10-8-6-4-2/h10,12,16,18,28-29,33,35,41,43,46-47,50-51H,3-9,11,13-15,17,19-27,30-32,34,36-40,42,44-45H2,1-2H3,(H,49,52)/b12-10-,18-16-,29-28+,35-33+,43-41+. The van der Waals surface area contributed by atoms with E-state index < -0.39 is 12.1 Å². The zero-order valence-corrected chi connectivity index (χ0v) is 34.6. The highest BCUT2D eigenvalue weighted by atomic mass is 16.3. The third-order valence-electron chi connectivity index (χ3n) is 9.95. The van der Waals surface area contributed by atoms with E-state index in [1.165, 1.54) is 141 Å². The molecule has 0 saturated heterocycles. The van der Waals surface area contributed by atoms with Crippen molar-refractivity contribution in [3.63, 3.8) is 0 Å². The molecule has 2 atom stereocenters. The van der Waals surface area contributed by atoms with Crippen molar-refractivity contribution in [2.24, 2.45) is 0 Å². The lowest BCUT2D eigenvalue weighted by Gasteiger charge is -2.19. The highest BCUT2D eigenvalue weighted by Crippen LogP contribution is 2.14. The van der Waals surface area contributed by atoms with Crippen molar-refractivity contribution in [3.05, 3.63) is 60.8 Å². The van der Waals surface area contributed by atoms with Crippen molar-refractivity contribution in [1.29, 1.82) is 0 Å². The lowest BCUT2D eigenvalue weighted by Crippen LogP contribution is -2.45. The van der Waals surface area contributed by atoms with Gasteiger partial charge in [-0.25, -0.2) is 0 Å². The van der Waals surface area contributed by atoms with Crippen LogP contribution in [-0.4, -0.2) is 34.9 Å². The summed E-state index contributed by atoms with van der Waals surface area (Å²) >= 11 is 0. The van der Waals surface area contributed by atoms with Gasteiger partial charge in [-0.05, 0) is 70.6 Å². The average Bonchev–Trinajstić information content (AvgIpc) is 3.15. The number of carbonyl (C=O) groups is 1. The van der Waals surface area contributed by atoms with Gasteiger partial charge in [0.2, 0.25) is 5.91 Å². The van der Waals surface area contributed by atoms with Crippen LogP contribution in [0.3, 0.4) is 0 Å². The molecule has 0 bridgehead atoms. The fourth-order valence-electron chi connectivity index (χ4n) is 6.46. The molecule has 0 aromatic rings. The first kappa shape index (κ1) is 50.1. The third kappa shape index (κ3) is 39.3. The van der Waals surface area contributed by atoms with Crippen LogP contribution in [0, 0.1) is 0 Å². The molecular weight excluding hydrogens is 639 g/mol. The zero-order chi connectivity index (χ0) is 37.8. The van der Waals surface area contributed by atoms with Gasteiger partial charge in [0.15, 0.2) is 0 Å². The zero-order valence-electron chi connectivity index (χ0n) is 34.6. The van der Waals surface area contributed by atoms with Crippen LogP contribution in [0.15, 0.2) is 60.8 Å². The van der Waals surface area contributed by atoms with Crippen molar-refractivity contribution in [2.75, 3.05) is 6.61 Å². The summed E-state index contributed by atoms with van der Waals surface area (Å²) in [7, 11) is 0. The number of aliphatic hydroxyl groups is 2. The Morgan fingerprint density at radius 1 is 0.462 bits per heavy atom. The van der Waals surface area contributed by atoms with Gasteiger partial charge in [0.05, 0.1) is 18.8 Å². The first-order valence-corrected chi connectivity index (χ1v) is 22.5. The Labute approximate surface area is 324 Å². The number of hydrogen-bond donors (Lipinski definition) is 3. The van der Waals surface area contributed by atoms with Crippen LogP contribution in [0.5, 0.6) is 0 Å². The SMILES string of the molecule is CCCC/C=C\C/C=C\CCCCCCCC(=O)NC(CO)C(O)/C=C/CC/C=C/CC/C=C/CCCCCCCCCCCCCCCCCC. The molecule has 0 radical (unpaired) electrons. The van der Waals surface area contributed by atoms with Crippen LogP contribution in [0.1, 0.15) is 219 Å². The van der Waals surface area contributed by atoms with Crippen LogP contribution in [0.2, 0.25) is 0 Å². The van der Waals surface area contributed by atoms with Crippen LogP contribution in [0.25, 0.3) is 0 Å². The predicted molar refractivity (Wildman–Crippen MR) is 230 cm³/mol. The van der Waals surface area contributed by atoms with Gasteiger partial charge in [-0.2, -0.15) is 0 Å². The second-order valence-corrected chi connectivity index (χ2v) is 15.1. The molecule has 0 rings (SSSR count). The topological polar surface area (TPSA) is 69.6 Å². The number of aliphatic hydroxyl groups excluding tert-OH is 2. The molecule has 0 aromatic carbocycles. The maximum atomic E-state index is 12.3. The summed E-state index contributed by atoms with van der Waals surface area (Å²) in [6.45, 7) is 4.24. The number of carbonyl (C=O) groups excluding carboxylic acids is 1. The predicted octanol–water partition coefficient (Wildman–Crippen LogP) is 14.1. The van der Waals surface area contributed by atoms with Crippen molar-refractivity contribution in [1.82, 2.24) is 5.32 Å².